The third-order valence-corrected chi connectivity index (χ3v) is 4.83. The van der Waals surface area contributed by atoms with Crippen molar-refractivity contribution in [1.29, 1.82) is 0 Å². The van der Waals surface area contributed by atoms with Gasteiger partial charge in [-0.05, 0) is 0 Å². The van der Waals surface area contributed by atoms with Gasteiger partial charge < -0.3 is 0 Å². The molecule has 0 fully saturated rings. The van der Waals surface area contributed by atoms with Crippen molar-refractivity contribution in [2.24, 2.45) is 0 Å². The summed E-state index contributed by atoms with van der Waals surface area (Å²) in [5.74, 6) is 0. The van der Waals surface area contributed by atoms with Gasteiger partial charge in [0.05, 0.1) is 0 Å². The van der Waals surface area contributed by atoms with E-state index in [1.54, 1.807) is 6.92 Å². The summed E-state index contributed by atoms with van der Waals surface area (Å²) in [5, 5.41) is 0.756. The van der Waals surface area contributed by atoms with Crippen LogP contribution in [-0.4, -0.2) is 23.1 Å². The van der Waals surface area contributed by atoms with Gasteiger partial charge in [0.15, 0.2) is 0 Å². The number of hydrogen-bond acceptors (Lipinski definition) is 3. The van der Waals surface area contributed by atoms with Crippen LogP contribution in [-0.2, 0) is 16.0 Å². The van der Waals surface area contributed by atoms with Crippen LogP contribution >= 0.6 is 23.2 Å². The van der Waals surface area contributed by atoms with Crippen LogP contribution in [0.1, 0.15) is 18.1 Å². The maximum atomic E-state index is 10.0. The van der Waals surface area contributed by atoms with Crippen molar-refractivity contribution >= 4 is 23.2 Å². The van der Waals surface area contributed by atoms with Gasteiger partial charge in [-0.3, -0.25) is 0 Å². The Kier molecular flexibility index (Phi) is 4.49. The second kappa shape index (κ2) is 5.11. The first-order chi connectivity index (χ1) is 7.34. The first-order valence-electron chi connectivity index (χ1n) is 5.14. The molecule has 3 nitrogen and oxygen atoms in total. The molecule has 0 saturated heterocycles. The van der Waals surface area contributed by atoms with Crippen molar-refractivity contribution in [3.8, 4) is 0 Å². The summed E-state index contributed by atoms with van der Waals surface area (Å²) < 4.78 is 5.12. The zero-order valence-corrected chi connectivity index (χ0v) is 12.0. The summed E-state index contributed by atoms with van der Waals surface area (Å²) in [7, 11) is -3.96. The van der Waals surface area contributed by atoms with Gasteiger partial charge >= 0.3 is 105 Å². The average molecular weight is 309 g/mol. The third kappa shape index (κ3) is 4.48. The molecule has 0 amide bonds. The molecule has 0 aliphatic carbocycles. The molecule has 0 aliphatic heterocycles. The minimum atomic E-state index is -3.96. The molecule has 0 aromatic heterocycles. The van der Waals surface area contributed by atoms with E-state index in [0.29, 0.717) is 6.61 Å². The Bertz CT molecular complexity index is 360. The fraction of sp³-hybridized carbons (Fsp3) is 0.455. The van der Waals surface area contributed by atoms with E-state index in [-0.39, 0.29) is 6.16 Å². The van der Waals surface area contributed by atoms with Crippen molar-refractivity contribution in [1.82, 2.24) is 0 Å². The van der Waals surface area contributed by atoms with Gasteiger partial charge in [-0.25, -0.2) is 0 Å². The summed E-state index contributed by atoms with van der Waals surface area (Å²) in [4.78, 5) is 20.1. The zero-order valence-electron chi connectivity index (χ0n) is 9.56. The molecule has 1 aromatic rings. The van der Waals surface area contributed by atoms with Crippen molar-refractivity contribution < 1.29 is 14.3 Å². The standard InChI is InChI=1S/C11H18BrO3P/c1-3-15-16(2,13,14)9-11-6-4-5-10(7-11)8-12/h4-7,13-14H,3,8-9H2,1-2H3. The molecule has 0 spiro atoms. The van der Waals surface area contributed by atoms with Gasteiger partial charge in [-0.15, -0.1) is 0 Å². The fourth-order valence-electron chi connectivity index (χ4n) is 1.61. The SMILES string of the molecule is CCOP(C)(O)(O)Cc1cccc(CBr)c1. The number of hydrogen-bond donors (Lipinski definition) is 2. The van der Waals surface area contributed by atoms with Gasteiger partial charge in [-0.1, -0.05) is 0 Å². The molecule has 0 saturated carbocycles. The van der Waals surface area contributed by atoms with Crippen molar-refractivity contribution in [2.45, 2.75) is 18.4 Å². The van der Waals surface area contributed by atoms with E-state index in [1.165, 1.54) is 6.66 Å². The normalized spacial score (nSPS) is 14.4. The van der Waals surface area contributed by atoms with Gasteiger partial charge in [0.1, 0.15) is 0 Å². The van der Waals surface area contributed by atoms with E-state index in [0.717, 1.165) is 16.5 Å². The van der Waals surface area contributed by atoms with Gasteiger partial charge in [-0.2, -0.15) is 0 Å². The van der Waals surface area contributed by atoms with Crippen LogP contribution in [0.5, 0.6) is 0 Å². The summed E-state index contributed by atoms with van der Waals surface area (Å²) in [5.41, 5.74) is 2.00. The Morgan fingerprint density at radius 3 is 2.50 bits per heavy atom. The third-order valence-electron chi connectivity index (χ3n) is 2.16. The second-order valence-corrected chi connectivity index (χ2v) is 8.36. The molecule has 16 heavy (non-hydrogen) atoms. The summed E-state index contributed by atoms with van der Waals surface area (Å²) in [6.07, 6.45) is 0.167. The molecular formula is C11H18BrO3P. The van der Waals surface area contributed by atoms with Crippen molar-refractivity contribution in [3.05, 3.63) is 35.4 Å². The predicted molar refractivity (Wildman–Crippen MR) is 71.7 cm³/mol. The first kappa shape index (κ1) is 14.1. The second-order valence-electron chi connectivity index (χ2n) is 4.09. The van der Waals surface area contributed by atoms with Gasteiger partial charge in [0.25, 0.3) is 0 Å². The topological polar surface area (TPSA) is 49.7 Å². The van der Waals surface area contributed by atoms with Crippen LogP contribution < -0.4 is 0 Å². The fourth-order valence-corrected chi connectivity index (χ4v) is 3.76. The molecule has 0 heterocycles. The molecule has 0 aliphatic rings. The molecule has 1 aromatic carbocycles. The Labute approximate surface area is 105 Å². The van der Waals surface area contributed by atoms with Crippen LogP contribution in [0.25, 0.3) is 0 Å². The van der Waals surface area contributed by atoms with Crippen LogP contribution in [0.4, 0.5) is 0 Å². The van der Waals surface area contributed by atoms with Crippen LogP contribution in [0.2, 0.25) is 0 Å². The van der Waals surface area contributed by atoms with E-state index in [9.17, 15) is 9.79 Å². The van der Waals surface area contributed by atoms with E-state index in [1.807, 2.05) is 24.3 Å². The Morgan fingerprint density at radius 2 is 1.94 bits per heavy atom. The molecule has 92 valence electrons. The predicted octanol–water partition coefficient (Wildman–Crippen LogP) is 3.03. The maximum absolute atomic E-state index is 10.0. The van der Waals surface area contributed by atoms with E-state index >= 15 is 0 Å². The van der Waals surface area contributed by atoms with Gasteiger partial charge in [0, 0.05) is 0 Å². The van der Waals surface area contributed by atoms with Gasteiger partial charge in [0.2, 0.25) is 0 Å². The number of benzene rings is 1. The number of rotatable bonds is 5. The van der Waals surface area contributed by atoms with E-state index < -0.39 is 7.28 Å². The number of halogens is 1. The molecule has 2 N–H and O–H groups in total. The first-order valence-corrected chi connectivity index (χ1v) is 8.95. The molecular weight excluding hydrogens is 291 g/mol. The monoisotopic (exact) mass is 308 g/mol. The average Bonchev–Trinajstić information content (AvgIpc) is 2.15. The Balaban J connectivity index is 2.86. The summed E-state index contributed by atoms with van der Waals surface area (Å²) in [6.45, 7) is 3.46. The van der Waals surface area contributed by atoms with E-state index in [2.05, 4.69) is 15.9 Å². The Hall–Kier alpha value is 0.0100. The number of alkyl halides is 1. The zero-order chi connectivity index (χ0) is 12.3. The Morgan fingerprint density at radius 1 is 1.31 bits per heavy atom. The molecule has 0 radical (unpaired) electrons. The molecule has 0 atom stereocenters. The van der Waals surface area contributed by atoms with Crippen LogP contribution in [0, 0.1) is 0 Å². The molecule has 0 unspecified atom stereocenters. The molecule has 5 heteroatoms. The van der Waals surface area contributed by atoms with Crippen LogP contribution in [0.15, 0.2) is 24.3 Å². The van der Waals surface area contributed by atoms with Crippen molar-refractivity contribution in [2.75, 3.05) is 13.3 Å². The van der Waals surface area contributed by atoms with E-state index in [4.69, 9.17) is 4.52 Å². The molecule has 0 bridgehead atoms. The van der Waals surface area contributed by atoms with Crippen LogP contribution in [0.3, 0.4) is 0 Å². The van der Waals surface area contributed by atoms with Crippen molar-refractivity contribution in [3.63, 3.8) is 0 Å². The quantitative estimate of drug-likeness (QED) is 0.649. The summed E-state index contributed by atoms with van der Waals surface area (Å²) in [6, 6.07) is 7.72. The molecule has 1 rings (SSSR count). The summed E-state index contributed by atoms with van der Waals surface area (Å²) >= 11 is 3.37. The minimum absolute atomic E-state index is 0.167.